The predicted octanol–water partition coefficient (Wildman–Crippen LogP) is 2.02. The van der Waals surface area contributed by atoms with Crippen molar-refractivity contribution >= 4 is 25.0 Å². The van der Waals surface area contributed by atoms with Crippen molar-refractivity contribution in [3.8, 4) is 5.75 Å². The van der Waals surface area contributed by atoms with Gasteiger partial charge in [-0.2, -0.15) is 5.10 Å². The molecule has 0 spiro atoms. The van der Waals surface area contributed by atoms with Crippen molar-refractivity contribution in [2.24, 2.45) is 0 Å². The first-order valence-electron chi connectivity index (χ1n) is 4.31. The first-order valence-corrected chi connectivity index (χ1v) is 4.76. The van der Waals surface area contributed by atoms with E-state index in [1.54, 1.807) is 0 Å². The van der Waals surface area contributed by atoms with Crippen LogP contribution < -0.4 is 0 Å². The van der Waals surface area contributed by atoms with Gasteiger partial charge in [-0.05, 0) is 17.7 Å². The van der Waals surface area contributed by atoms with Crippen LogP contribution >= 0.6 is 25.0 Å². The van der Waals surface area contributed by atoms with Gasteiger partial charge in [-0.25, -0.2) is 18.4 Å². The van der Waals surface area contributed by atoms with Crippen LogP contribution in [0, 0.1) is 11.6 Å². The molecule has 0 atom stereocenters. The summed E-state index contributed by atoms with van der Waals surface area (Å²) in [5.74, 6) is -2.99. The molecule has 2 aromatic rings. The van der Waals surface area contributed by atoms with Gasteiger partial charge in [0.1, 0.15) is 6.33 Å². The van der Waals surface area contributed by atoms with E-state index in [4.69, 9.17) is 5.11 Å². The third-order valence-electron chi connectivity index (χ3n) is 2.00. The molecule has 8 heteroatoms. The molecule has 92 valence electrons. The van der Waals surface area contributed by atoms with E-state index in [2.05, 4.69) is 22.7 Å². The van der Waals surface area contributed by atoms with E-state index in [0.29, 0.717) is 10.7 Å². The molecule has 1 aromatic heterocycles. The molecule has 1 aromatic carbocycles. The topological polar surface area (TPSA) is 50.9 Å². The van der Waals surface area contributed by atoms with Gasteiger partial charge in [-0.3, -0.25) is 0 Å². The van der Waals surface area contributed by atoms with Gasteiger partial charge in [0.15, 0.2) is 22.5 Å². The normalized spacial score (nSPS) is 10.1. The van der Waals surface area contributed by atoms with Gasteiger partial charge in [0, 0.05) is 0 Å². The second-order valence-corrected chi connectivity index (χ2v) is 3.53. The lowest BCUT2D eigenvalue weighted by atomic mass is 10.2. The molecule has 0 aliphatic heterocycles. The minimum absolute atomic E-state index is 0. The first-order chi connectivity index (χ1) is 7.58. The second kappa shape index (κ2) is 5.33. The maximum atomic E-state index is 13.0. The Morgan fingerprint density at radius 3 is 2.35 bits per heavy atom. The van der Waals surface area contributed by atoms with Gasteiger partial charge in [0.25, 0.3) is 0 Å². The van der Waals surface area contributed by atoms with Crippen molar-refractivity contribution in [3.63, 3.8) is 0 Å². The third-order valence-corrected chi connectivity index (χ3v) is 2.35. The smallest absolute Gasteiger partial charge is 0.187 e. The Bertz CT molecular complexity index is 512. The van der Waals surface area contributed by atoms with Crippen LogP contribution in [-0.4, -0.2) is 19.9 Å². The number of hydrogen-bond acceptors (Lipinski definition) is 4. The monoisotopic (exact) mass is 279 g/mol. The Morgan fingerprint density at radius 2 is 1.88 bits per heavy atom. The summed E-state index contributed by atoms with van der Waals surface area (Å²) in [5.41, 5.74) is 0.327. The minimum Gasteiger partial charge on any atom is -0.503 e. The summed E-state index contributed by atoms with van der Waals surface area (Å²) in [5, 5.41) is 13.1. The number of halogens is 3. The van der Waals surface area contributed by atoms with E-state index in [0.717, 1.165) is 12.1 Å². The lowest BCUT2D eigenvalue weighted by Gasteiger charge is -2.05. The van der Waals surface area contributed by atoms with Gasteiger partial charge in [0.05, 0.1) is 6.54 Å². The van der Waals surface area contributed by atoms with Crippen molar-refractivity contribution in [1.29, 1.82) is 0 Å². The fraction of sp³-hybridized carbons (Fsp3) is 0.111. The highest BCUT2D eigenvalue weighted by atomic mass is 35.5. The zero-order chi connectivity index (χ0) is 11.7. The Kier molecular flexibility index (Phi) is 4.30. The molecular weight excluding hydrogens is 272 g/mol. The summed E-state index contributed by atoms with van der Waals surface area (Å²) >= 11 is 4.00. The number of rotatable bonds is 2. The van der Waals surface area contributed by atoms with Crippen molar-refractivity contribution in [1.82, 2.24) is 14.8 Å². The zero-order valence-electron chi connectivity index (χ0n) is 8.34. The van der Waals surface area contributed by atoms with Crippen molar-refractivity contribution < 1.29 is 13.9 Å². The molecule has 0 bridgehead atoms. The van der Waals surface area contributed by atoms with Gasteiger partial charge >= 0.3 is 0 Å². The highest BCUT2D eigenvalue weighted by Gasteiger charge is 2.10. The Morgan fingerprint density at radius 1 is 1.29 bits per heavy atom. The summed E-state index contributed by atoms with van der Waals surface area (Å²) in [6.07, 6.45) is 1.29. The summed E-state index contributed by atoms with van der Waals surface area (Å²) in [4.78, 5) is 3.75. The van der Waals surface area contributed by atoms with Crippen LogP contribution in [0.5, 0.6) is 5.75 Å². The molecule has 0 amide bonds. The fourth-order valence-corrected chi connectivity index (χ4v) is 1.43. The number of aromatic hydroxyl groups is 1. The molecule has 0 fully saturated rings. The van der Waals surface area contributed by atoms with Gasteiger partial charge < -0.3 is 5.11 Å². The summed E-state index contributed by atoms with van der Waals surface area (Å²) in [6.45, 7) is 0.132. The molecule has 0 unspecified atom stereocenters. The summed E-state index contributed by atoms with van der Waals surface area (Å²) in [7, 11) is 0. The molecule has 0 aliphatic carbocycles. The molecule has 1 N–H and O–H groups in total. The van der Waals surface area contributed by atoms with Crippen LogP contribution in [0.15, 0.2) is 23.6 Å². The SMILES string of the molecule is Cl.Oc1c(F)cc(Cn2ncnc2S)cc1F. The molecular formula is C9H8ClF2N3OS. The van der Waals surface area contributed by atoms with Crippen molar-refractivity contribution in [3.05, 3.63) is 35.7 Å². The summed E-state index contributed by atoms with van der Waals surface area (Å²) in [6, 6.07) is 2.07. The molecule has 2 rings (SSSR count). The van der Waals surface area contributed by atoms with Crippen molar-refractivity contribution in [2.75, 3.05) is 0 Å². The van der Waals surface area contributed by atoms with Crippen LogP contribution in [0.3, 0.4) is 0 Å². The fourth-order valence-electron chi connectivity index (χ4n) is 1.25. The van der Waals surface area contributed by atoms with Gasteiger partial charge in [-0.1, -0.05) is 0 Å². The Balaban J connectivity index is 0.00000144. The molecule has 17 heavy (non-hydrogen) atoms. The highest BCUT2D eigenvalue weighted by molar-refractivity contribution is 7.80. The van der Waals surface area contributed by atoms with Crippen LogP contribution in [-0.2, 0) is 6.54 Å². The lowest BCUT2D eigenvalue weighted by molar-refractivity contribution is 0.394. The van der Waals surface area contributed by atoms with Gasteiger partial charge in [-0.15, -0.1) is 25.0 Å². The number of hydrogen-bond donors (Lipinski definition) is 2. The molecule has 0 saturated carbocycles. The molecule has 0 saturated heterocycles. The summed E-state index contributed by atoms with van der Waals surface area (Å²) < 4.78 is 27.4. The Labute approximate surface area is 107 Å². The van der Waals surface area contributed by atoms with E-state index in [9.17, 15) is 8.78 Å². The number of aromatic nitrogens is 3. The molecule has 0 aliphatic rings. The number of phenolic OH excluding ortho intramolecular Hbond substituents is 1. The predicted molar refractivity (Wildman–Crippen MR) is 61.6 cm³/mol. The molecule has 0 radical (unpaired) electrons. The van der Waals surface area contributed by atoms with Crippen LogP contribution in [0.4, 0.5) is 8.78 Å². The van der Waals surface area contributed by atoms with Gasteiger partial charge in [0.2, 0.25) is 0 Å². The number of nitrogens with zero attached hydrogens (tertiary/aromatic N) is 3. The number of thiol groups is 1. The molecule has 4 nitrogen and oxygen atoms in total. The largest absolute Gasteiger partial charge is 0.503 e. The van der Waals surface area contributed by atoms with E-state index in [1.165, 1.54) is 11.0 Å². The standard InChI is InChI=1S/C9H7F2N3OS.ClH/c10-6-1-5(2-7(11)8(6)15)3-14-9(16)12-4-13-14;/h1-2,4,15H,3H2,(H,12,13,16);1H. The average Bonchev–Trinajstić information content (AvgIpc) is 2.61. The van der Waals surface area contributed by atoms with Crippen molar-refractivity contribution in [2.45, 2.75) is 11.7 Å². The van der Waals surface area contributed by atoms with E-state index < -0.39 is 17.4 Å². The maximum Gasteiger partial charge on any atom is 0.187 e. The maximum absolute atomic E-state index is 13.0. The van der Waals surface area contributed by atoms with Crippen LogP contribution in [0.1, 0.15) is 5.56 Å². The first kappa shape index (κ1) is 13.7. The minimum atomic E-state index is -1.00. The zero-order valence-corrected chi connectivity index (χ0v) is 10.1. The van der Waals surface area contributed by atoms with E-state index >= 15 is 0 Å². The van der Waals surface area contributed by atoms with Crippen LogP contribution in [0.25, 0.3) is 0 Å². The third kappa shape index (κ3) is 2.86. The van der Waals surface area contributed by atoms with Crippen LogP contribution in [0.2, 0.25) is 0 Å². The van der Waals surface area contributed by atoms with E-state index in [1.807, 2.05) is 0 Å². The average molecular weight is 280 g/mol. The molecule has 1 heterocycles. The Hall–Kier alpha value is -1.34. The lowest BCUT2D eigenvalue weighted by Crippen LogP contribution is -2.03. The second-order valence-electron chi connectivity index (χ2n) is 3.13. The highest BCUT2D eigenvalue weighted by Crippen LogP contribution is 2.22. The number of benzene rings is 1. The quantitative estimate of drug-likeness (QED) is 0.827. The number of phenols is 1. The van der Waals surface area contributed by atoms with E-state index in [-0.39, 0.29) is 19.0 Å².